The summed E-state index contributed by atoms with van der Waals surface area (Å²) in [5.74, 6) is -0.798. The van der Waals surface area contributed by atoms with Crippen LogP contribution >= 0.6 is 11.3 Å². The van der Waals surface area contributed by atoms with Crippen molar-refractivity contribution in [3.63, 3.8) is 0 Å². The van der Waals surface area contributed by atoms with Gasteiger partial charge in [0.05, 0.1) is 11.4 Å². The first-order valence-electron chi connectivity index (χ1n) is 7.04. The monoisotopic (exact) mass is 362 g/mol. The molecule has 0 spiro atoms. The predicted molar refractivity (Wildman–Crippen MR) is 90.8 cm³/mol. The molecular formula is C16H14N2O4S2. The molecule has 0 aliphatic carbocycles. The smallest absolute Gasteiger partial charge is 0.293 e. The van der Waals surface area contributed by atoms with Gasteiger partial charge in [-0.15, -0.1) is 11.3 Å². The van der Waals surface area contributed by atoms with Crippen molar-refractivity contribution >= 4 is 32.2 Å². The molecular weight excluding hydrogens is 348 g/mol. The van der Waals surface area contributed by atoms with Gasteiger partial charge >= 0.3 is 0 Å². The van der Waals surface area contributed by atoms with Gasteiger partial charge in [-0.2, -0.15) is 0 Å². The number of hydrogen-bond acceptors (Lipinski definition) is 6. The molecule has 0 saturated carbocycles. The Balaban J connectivity index is 1.75. The normalized spacial score (nSPS) is 11.4. The zero-order valence-corrected chi connectivity index (χ0v) is 14.4. The Hall–Kier alpha value is -2.45. The number of aryl methyl sites for hydroxylation is 1. The van der Waals surface area contributed by atoms with Crippen molar-refractivity contribution in [3.05, 3.63) is 64.9 Å². The van der Waals surface area contributed by atoms with Crippen molar-refractivity contribution in [3.8, 4) is 0 Å². The lowest BCUT2D eigenvalue weighted by Crippen LogP contribution is -2.11. The molecule has 3 rings (SSSR count). The topological polar surface area (TPSA) is 89.3 Å². The van der Waals surface area contributed by atoms with Gasteiger partial charge in [0.15, 0.2) is 10.9 Å². The van der Waals surface area contributed by atoms with Crippen LogP contribution in [0, 0.1) is 6.92 Å². The fourth-order valence-corrected chi connectivity index (χ4v) is 3.99. The molecule has 1 aromatic carbocycles. The standard InChI is InChI=1S/C16H14N2O4S2/c1-11-9-23-16(17-11)18-15(19)13-7-8-14(22-13)24(20,21)10-12-5-3-2-4-6-12/h2-9H,10H2,1H3,(H,17,18,19). The van der Waals surface area contributed by atoms with Crippen molar-refractivity contribution in [2.24, 2.45) is 0 Å². The molecule has 0 aliphatic rings. The number of sulfone groups is 1. The number of carbonyl (C=O) groups excluding carboxylic acids is 1. The fourth-order valence-electron chi connectivity index (χ4n) is 2.04. The summed E-state index contributed by atoms with van der Waals surface area (Å²) >= 11 is 1.28. The predicted octanol–water partition coefficient (Wildman–Crippen LogP) is 3.27. The van der Waals surface area contributed by atoms with E-state index in [9.17, 15) is 13.2 Å². The molecule has 124 valence electrons. The molecule has 0 saturated heterocycles. The molecule has 3 aromatic rings. The third kappa shape index (κ3) is 3.72. The van der Waals surface area contributed by atoms with Crippen LogP contribution in [0.25, 0.3) is 0 Å². The number of nitrogens with zero attached hydrogens (tertiary/aromatic N) is 1. The van der Waals surface area contributed by atoms with Gasteiger partial charge in [-0.25, -0.2) is 13.4 Å². The van der Waals surface area contributed by atoms with Crippen LogP contribution in [0.5, 0.6) is 0 Å². The number of rotatable bonds is 5. The van der Waals surface area contributed by atoms with E-state index in [1.165, 1.54) is 23.5 Å². The minimum Gasteiger partial charge on any atom is -0.440 e. The van der Waals surface area contributed by atoms with Gasteiger partial charge in [-0.1, -0.05) is 30.3 Å². The van der Waals surface area contributed by atoms with Gasteiger partial charge in [0.2, 0.25) is 14.9 Å². The fraction of sp³-hybridized carbons (Fsp3) is 0.125. The number of aromatic nitrogens is 1. The summed E-state index contributed by atoms with van der Waals surface area (Å²) in [6.45, 7) is 1.81. The number of carbonyl (C=O) groups is 1. The van der Waals surface area contributed by atoms with Crippen LogP contribution in [0.4, 0.5) is 5.13 Å². The minimum atomic E-state index is -3.65. The quantitative estimate of drug-likeness (QED) is 0.752. The van der Waals surface area contributed by atoms with Crippen molar-refractivity contribution in [1.29, 1.82) is 0 Å². The van der Waals surface area contributed by atoms with E-state index in [2.05, 4.69) is 10.3 Å². The van der Waals surface area contributed by atoms with E-state index in [-0.39, 0.29) is 16.6 Å². The van der Waals surface area contributed by atoms with Gasteiger partial charge in [-0.3, -0.25) is 10.1 Å². The first-order valence-corrected chi connectivity index (χ1v) is 9.57. The third-order valence-corrected chi connectivity index (χ3v) is 5.57. The van der Waals surface area contributed by atoms with E-state index >= 15 is 0 Å². The molecule has 0 bridgehead atoms. The number of furan rings is 1. The summed E-state index contributed by atoms with van der Waals surface area (Å²) < 4.78 is 30.0. The zero-order valence-electron chi connectivity index (χ0n) is 12.7. The van der Waals surface area contributed by atoms with E-state index in [1.54, 1.807) is 29.6 Å². The number of amides is 1. The van der Waals surface area contributed by atoms with Gasteiger partial charge in [0.25, 0.3) is 5.91 Å². The molecule has 2 heterocycles. The van der Waals surface area contributed by atoms with Gasteiger partial charge in [0, 0.05) is 5.38 Å². The van der Waals surface area contributed by atoms with Gasteiger partial charge < -0.3 is 4.42 Å². The lowest BCUT2D eigenvalue weighted by atomic mass is 10.2. The van der Waals surface area contributed by atoms with E-state index < -0.39 is 15.7 Å². The Bertz CT molecular complexity index is 959. The Morgan fingerprint density at radius 3 is 2.62 bits per heavy atom. The van der Waals surface area contributed by atoms with E-state index in [4.69, 9.17) is 4.42 Å². The maximum Gasteiger partial charge on any atom is 0.293 e. The molecule has 0 radical (unpaired) electrons. The molecule has 2 aromatic heterocycles. The number of hydrogen-bond donors (Lipinski definition) is 1. The maximum absolute atomic E-state index is 12.4. The summed E-state index contributed by atoms with van der Waals surface area (Å²) in [5.41, 5.74) is 1.44. The lowest BCUT2D eigenvalue weighted by Gasteiger charge is -2.01. The maximum atomic E-state index is 12.4. The molecule has 6 nitrogen and oxygen atoms in total. The second kappa shape index (κ2) is 6.58. The number of benzene rings is 1. The summed E-state index contributed by atoms with van der Waals surface area (Å²) in [7, 11) is -3.65. The van der Waals surface area contributed by atoms with Gasteiger partial charge in [-0.05, 0) is 24.6 Å². The average Bonchev–Trinajstić information content (AvgIpc) is 3.17. The largest absolute Gasteiger partial charge is 0.440 e. The SMILES string of the molecule is Cc1csc(NC(=O)c2ccc(S(=O)(=O)Cc3ccccc3)o2)n1. The highest BCUT2D eigenvalue weighted by Gasteiger charge is 2.22. The molecule has 0 atom stereocenters. The highest BCUT2D eigenvalue weighted by molar-refractivity contribution is 7.90. The van der Waals surface area contributed by atoms with Crippen molar-refractivity contribution in [2.75, 3.05) is 5.32 Å². The lowest BCUT2D eigenvalue weighted by molar-refractivity contribution is 0.0991. The summed E-state index contributed by atoms with van der Waals surface area (Å²) in [4.78, 5) is 16.2. The first kappa shape index (κ1) is 16.4. The Kier molecular flexibility index (Phi) is 4.50. The second-order valence-electron chi connectivity index (χ2n) is 5.11. The van der Waals surface area contributed by atoms with Crippen LogP contribution in [-0.4, -0.2) is 19.3 Å². The van der Waals surface area contributed by atoms with Crippen LogP contribution in [0.2, 0.25) is 0 Å². The third-order valence-electron chi connectivity index (χ3n) is 3.15. The van der Waals surface area contributed by atoms with E-state index in [1.807, 2.05) is 13.0 Å². The van der Waals surface area contributed by atoms with Crippen molar-refractivity contribution in [2.45, 2.75) is 17.8 Å². The molecule has 0 fully saturated rings. The molecule has 1 N–H and O–H groups in total. The number of thiazole rings is 1. The highest BCUT2D eigenvalue weighted by Crippen LogP contribution is 2.21. The second-order valence-corrected chi connectivity index (χ2v) is 7.89. The molecule has 8 heteroatoms. The Labute approximate surface area is 143 Å². The van der Waals surface area contributed by atoms with Crippen LogP contribution in [0.15, 0.2) is 57.4 Å². The van der Waals surface area contributed by atoms with Gasteiger partial charge in [0.1, 0.15) is 0 Å². The van der Waals surface area contributed by atoms with Crippen LogP contribution in [0.3, 0.4) is 0 Å². The van der Waals surface area contributed by atoms with Crippen LogP contribution in [-0.2, 0) is 15.6 Å². The van der Waals surface area contributed by atoms with E-state index in [0.29, 0.717) is 10.7 Å². The van der Waals surface area contributed by atoms with Crippen LogP contribution in [0.1, 0.15) is 21.8 Å². The van der Waals surface area contributed by atoms with Crippen molar-refractivity contribution < 1.29 is 17.6 Å². The highest BCUT2D eigenvalue weighted by atomic mass is 32.2. The zero-order chi connectivity index (χ0) is 17.2. The number of nitrogens with one attached hydrogen (secondary N) is 1. The average molecular weight is 362 g/mol. The first-order chi connectivity index (χ1) is 11.4. The minimum absolute atomic E-state index is 0.0745. The van der Waals surface area contributed by atoms with Crippen molar-refractivity contribution in [1.82, 2.24) is 4.98 Å². The van der Waals surface area contributed by atoms with E-state index in [0.717, 1.165) is 5.69 Å². The summed E-state index contributed by atoms with van der Waals surface area (Å²) in [5, 5.41) is 4.58. The van der Waals surface area contributed by atoms with Crippen LogP contribution < -0.4 is 5.32 Å². The Morgan fingerprint density at radius 2 is 1.96 bits per heavy atom. The molecule has 0 unspecified atom stereocenters. The summed E-state index contributed by atoms with van der Waals surface area (Å²) in [6, 6.07) is 11.4. The molecule has 24 heavy (non-hydrogen) atoms. The molecule has 1 amide bonds. The Morgan fingerprint density at radius 1 is 1.21 bits per heavy atom. The number of anilines is 1. The summed E-state index contributed by atoms with van der Waals surface area (Å²) in [6.07, 6.45) is 0. The molecule has 0 aliphatic heterocycles.